The Hall–Kier alpha value is -3.23. The first kappa shape index (κ1) is 20.8. The van der Waals surface area contributed by atoms with Gasteiger partial charge in [-0.3, -0.25) is 9.59 Å². The summed E-state index contributed by atoms with van der Waals surface area (Å²) in [7, 11) is 8.16. The lowest BCUT2D eigenvalue weighted by molar-refractivity contribution is -0.136. The molecule has 2 aromatic rings. The minimum atomic E-state index is -0.987. The molecule has 0 unspecified atom stereocenters. The summed E-state index contributed by atoms with van der Waals surface area (Å²) in [5.41, 5.74) is 11.6. The molecule has 0 aliphatic heterocycles. The molecule has 26 heavy (non-hydrogen) atoms. The van der Waals surface area contributed by atoms with E-state index in [9.17, 15) is 14.0 Å². The number of carboxylic acids is 1. The molecule has 136 valence electrons. The number of carbonyl (C=O) groups excluding carboxylic acids is 1. The van der Waals surface area contributed by atoms with E-state index in [2.05, 4.69) is 0 Å². The number of hydrogen-bond acceptors (Lipinski definition) is 5. The molecule has 2 radical (unpaired) electrons. The van der Waals surface area contributed by atoms with Crippen LogP contribution in [0.5, 0.6) is 11.5 Å². The smallest absolute Gasteiger partial charge is 0.307 e. The summed E-state index contributed by atoms with van der Waals surface area (Å²) < 4.78 is 22.7. The number of carbonyl (C=O) groups is 2. The third kappa shape index (κ3) is 5.69. The van der Waals surface area contributed by atoms with Crippen LogP contribution in [-0.2, 0) is 11.2 Å². The maximum atomic E-state index is 12.7. The van der Waals surface area contributed by atoms with Gasteiger partial charge in [-0.15, -0.1) is 0 Å². The number of nitrogen functional groups attached to an aromatic ring is 1. The van der Waals surface area contributed by atoms with Crippen molar-refractivity contribution in [3.8, 4) is 11.5 Å². The van der Waals surface area contributed by atoms with Crippen molar-refractivity contribution >= 4 is 30.9 Å². The van der Waals surface area contributed by atoms with Crippen LogP contribution < -0.4 is 26.4 Å². The summed E-state index contributed by atoms with van der Waals surface area (Å²) in [5.74, 6) is -1.26. The zero-order valence-corrected chi connectivity index (χ0v) is 14.3. The van der Waals surface area contributed by atoms with Gasteiger partial charge in [-0.25, -0.2) is 4.39 Å². The zero-order chi connectivity index (χ0) is 19.9. The highest BCUT2D eigenvalue weighted by atomic mass is 19.1. The molecule has 2 aromatic carbocycles. The van der Waals surface area contributed by atoms with Gasteiger partial charge in [0.25, 0.3) is 5.91 Å². The Morgan fingerprint density at radius 3 is 2.19 bits per heavy atom. The van der Waals surface area contributed by atoms with Gasteiger partial charge in [0.15, 0.2) is 11.5 Å². The Balaban J connectivity index is 0.000000263. The van der Waals surface area contributed by atoms with Crippen LogP contribution >= 0.6 is 0 Å². The van der Waals surface area contributed by atoms with Crippen molar-refractivity contribution in [2.45, 2.75) is 6.42 Å². The molecule has 7 nitrogen and oxygen atoms in total. The van der Waals surface area contributed by atoms with Crippen molar-refractivity contribution in [3.63, 3.8) is 0 Å². The van der Waals surface area contributed by atoms with Gasteiger partial charge in [-0.2, -0.15) is 0 Å². The van der Waals surface area contributed by atoms with Crippen LogP contribution in [0.25, 0.3) is 0 Å². The highest BCUT2D eigenvalue weighted by Gasteiger charge is 2.12. The number of nitrogens with two attached hydrogens (primary N) is 2. The van der Waals surface area contributed by atoms with E-state index in [4.69, 9.17) is 33.9 Å². The highest BCUT2D eigenvalue weighted by molar-refractivity contribution is 6.32. The number of primary amides is 1. The van der Waals surface area contributed by atoms with Crippen molar-refractivity contribution in [3.05, 3.63) is 47.3 Å². The lowest BCUT2D eigenvalue weighted by Crippen LogP contribution is -2.13. The van der Waals surface area contributed by atoms with Crippen LogP contribution in [-0.4, -0.2) is 39.0 Å². The minimum Gasteiger partial charge on any atom is -0.493 e. The third-order valence-electron chi connectivity index (χ3n) is 3.24. The second-order valence-electron chi connectivity index (χ2n) is 5.09. The third-order valence-corrected chi connectivity index (χ3v) is 3.24. The highest BCUT2D eigenvalue weighted by Crippen LogP contribution is 2.31. The molecule has 0 aliphatic carbocycles. The predicted octanol–water partition coefficient (Wildman–Crippen LogP) is 0.632. The van der Waals surface area contributed by atoms with E-state index in [0.717, 1.165) is 6.07 Å². The number of anilines is 1. The molecule has 0 heterocycles. The summed E-state index contributed by atoms with van der Waals surface area (Å²) in [6.45, 7) is 0. The van der Waals surface area contributed by atoms with Gasteiger partial charge in [0.2, 0.25) is 0 Å². The van der Waals surface area contributed by atoms with Gasteiger partial charge < -0.3 is 26.0 Å². The van der Waals surface area contributed by atoms with Gasteiger partial charge in [-0.05, 0) is 17.7 Å². The fourth-order valence-electron chi connectivity index (χ4n) is 1.96. The number of hydrogen-bond donors (Lipinski definition) is 3. The fourth-order valence-corrected chi connectivity index (χ4v) is 1.96. The van der Waals surface area contributed by atoms with E-state index in [1.807, 2.05) is 0 Å². The van der Waals surface area contributed by atoms with E-state index in [1.54, 1.807) is 0 Å². The summed E-state index contributed by atoms with van der Waals surface area (Å²) in [6.07, 6.45) is -0.183. The first-order chi connectivity index (χ1) is 12.2. The van der Waals surface area contributed by atoms with Crippen LogP contribution in [0, 0.1) is 5.82 Å². The molecule has 2 rings (SSSR count). The van der Waals surface area contributed by atoms with Gasteiger partial charge >= 0.3 is 5.97 Å². The Labute approximate surface area is 151 Å². The van der Waals surface area contributed by atoms with Gasteiger partial charge in [0.05, 0.1) is 26.2 Å². The van der Waals surface area contributed by atoms with Crippen molar-refractivity contribution < 1.29 is 28.6 Å². The van der Waals surface area contributed by atoms with E-state index in [0.29, 0.717) is 17.1 Å². The fraction of sp³-hybridized carbons (Fsp3) is 0.176. The molecule has 0 saturated carbocycles. The van der Waals surface area contributed by atoms with Crippen LogP contribution in [0.4, 0.5) is 10.1 Å². The van der Waals surface area contributed by atoms with E-state index >= 15 is 0 Å². The summed E-state index contributed by atoms with van der Waals surface area (Å²) in [6, 6.07) is 6.93. The van der Waals surface area contributed by atoms with Crippen molar-refractivity contribution in [1.82, 2.24) is 0 Å². The van der Waals surface area contributed by atoms with E-state index < -0.39 is 17.7 Å². The summed E-state index contributed by atoms with van der Waals surface area (Å²) >= 11 is 0. The Kier molecular flexibility index (Phi) is 7.45. The number of rotatable bonds is 5. The second kappa shape index (κ2) is 9.31. The van der Waals surface area contributed by atoms with E-state index in [1.165, 1.54) is 38.5 Å². The van der Waals surface area contributed by atoms with Crippen molar-refractivity contribution in [1.29, 1.82) is 0 Å². The first-order valence-corrected chi connectivity index (χ1v) is 7.26. The normalized spacial score (nSPS) is 9.65. The molecule has 9 heteroatoms. The monoisotopic (exact) mass is 360 g/mol. The number of benzene rings is 2. The number of carboxylic acid groups (broad SMARTS) is 1. The average Bonchev–Trinajstić information content (AvgIpc) is 2.57. The van der Waals surface area contributed by atoms with Gasteiger partial charge in [-0.1, -0.05) is 17.6 Å². The maximum Gasteiger partial charge on any atom is 0.307 e. The molecular weight excluding hydrogens is 342 g/mol. The molecule has 0 spiro atoms. The summed E-state index contributed by atoms with van der Waals surface area (Å²) in [4.78, 5) is 21.1. The average molecular weight is 360 g/mol. The topological polar surface area (TPSA) is 125 Å². The molecule has 0 aliphatic rings. The first-order valence-electron chi connectivity index (χ1n) is 7.26. The number of aliphatic carboxylic acids is 1. The molecule has 0 bridgehead atoms. The van der Waals surface area contributed by atoms with Crippen molar-refractivity contribution in [2.75, 3.05) is 20.0 Å². The maximum absolute atomic E-state index is 12.7. The Morgan fingerprint density at radius 1 is 1.15 bits per heavy atom. The molecule has 0 saturated heterocycles. The minimum absolute atomic E-state index is 0.0316. The summed E-state index contributed by atoms with van der Waals surface area (Å²) in [5, 5.41) is 8.37. The van der Waals surface area contributed by atoms with Gasteiger partial charge in [0.1, 0.15) is 13.7 Å². The molecule has 0 fully saturated rings. The lowest BCUT2D eigenvalue weighted by Gasteiger charge is -2.10. The standard InChI is InChI=1S/C9H12N2O3.C8H6BFO2/c1-13-7-3-5(9(11)12)6(10)4-8(7)14-2;9-6-2-1-5(3-7(6)10)4-8(11)12/h3-4H,10H2,1-2H3,(H2,11,12);1-3H,4H2,(H,11,12). The van der Waals surface area contributed by atoms with Crippen LogP contribution in [0.1, 0.15) is 15.9 Å². The number of halogens is 1. The van der Waals surface area contributed by atoms with Crippen molar-refractivity contribution in [2.24, 2.45) is 5.73 Å². The van der Waals surface area contributed by atoms with Crippen LogP contribution in [0.2, 0.25) is 0 Å². The quantitative estimate of drug-likeness (QED) is 0.531. The Bertz CT molecular complexity index is 814. The number of methoxy groups -OCH3 is 2. The van der Waals surface area contributed by atoms with Crippen LogP contribution in [0.15, 0.2) is 30.3 Å². The molecule has 5 N–H and O–H groups in total. The predicted molar refractivity (Wildman–Crippen MR) is 95.6 cm³/mol. The zero-order valence-electron chi connectivity index (χ0n) is 14.3. The van der Waals surface area contributed by atoms with Crippen LogP contribution in [0.3, 0.4) is 0 Å². The number of ether oxygens (including phenoxy) is 2. The Morgan fingerprint density at radius 2 is 1.73 bits per heavy atom. The molecule has 0 aromatic heterocycles. The second-order valence-corrected chi connectivity index (χ2v) is 5.09. The lowest BCUT2D eigenvalue weighted by atomic mass is 9.94. The molecule has 0 atom stereocenters. The van der Waals surface area contributed by atoms with E-state index in [-0.39, 0.29) is 23.1 Å². The largest absolute Gasteiger partial charge is 0.493 e. The SMILES string of the molecule is COc1cc(N)c(C(N)=O)cc1OC.[B]c1ccc(CC(=O)O)cc1F. The molecule has 1 amide bonds. The van der Waals surface area contributed by atoms with Gasteiger partial charge in [0, 0.05) is 11.8 Å². The molecular formula is C17H18BFN2O5. The number of amides is 1.